The molecule has 0 saturated carbocycles. The fourth-order valence-electron chi connectivity index (χ4n) is 1.29. The monoisotopic (exact) mass is 179 g/mol. The van der Waals surface area contributed by atoms with Crippen molar-refractivity contribution in [1.29, 1.82) is 0 Å². The lowest BCUT2D eigenvalue weighted by Crippen LogP contribution is -2.34. The van der Waals surface area contributed by atoms with Crippen LogP contribution in [0.15, 0.2) is 18.2 Å². The molecule has 0 radical (unpaired) electrons. The van der Waals surface area contributed by atoms with Gasteiger partial charge in [0, 0.05) is 5.54 Å². The summed E-state index contributed by atoms with van der Waals surface area (Å²) in [7, 11) is 0. The number of hydrogen-bond acceptors (Lipinski definition) is 2. The van der Waals surface area contributed by atoms with Crippen LogP contribution in [-0.2, 0) is 6.42 Å². The lowest BCUT2D eigenvalue weighted by molar-refractivity contribution is 0.467. The van der Waals surface area contributed by atoms with Gasteiger partial charge >= 0.3 is 0 Å². The zero-order valence-corrected chi connectivity index (χ0v) is 8.46. The average Bonchev–Trinajstić information content (AvgIpc) is 1.94. The van der Waals surface area contributed by atoms with Crippen molar-refractivity contribution in [1.82, 2.24) is 0 Å². The Morgan fingerprint density at radius 3 is 2.46 bits per heavy atom. The number of nitrogens with two attached hydrogens (primary N) is 1. The third-order valence-corrected chi connectivity index (χ3v) is 1.93. The Kier molecular flexibility index (Phi) is 2.62. The highest BCUT2D eigenvalue weighted by molar-refractivity contribution is 5.35. The molecule has 1 aromatic carbocycles. The van der Waals surface area contributed by atoms with E-state index in [1.807, 2.05) is 32.9 Å². The van der Waals surface area contributed by atoms with Gasteiger partial charge in [-0.25, -0.2) is 0 Å². The molecule has 1 rings (SSSR count). The van der Waals surface area contributed by atoms with Crippen LogP contribution in [0.1, 0.15) is 25.0 Å². The first kappa shape index (κ1) is 10.1. The number of benzene rings is 1. The molecule has 2 heteroatoms. The summed E-state index contributed by atoms with van der Waals surface area (Å²) in [4.78, 5) is 0. The number of phenolic OH excluding ortho intramolecular Hbond substituents is 1. The summed E-state index contributed by atoms with van der Waals surface area (Å²) in [5.41, 5.74) is 7.63. The minimum absolute atomic E-state index is 0.221. The molecule has 0 bridgehead atoms. The molecule has 2 nitrogen and oxygen atoms in total. The fourth-order valence-corrected chi connectivity index (χ4v) is 1.29. The molecule has 0 aliphatic heterocycles. The standard InChI is InChI=1S/C11H17NO/c1-8-4-5-9(6-10(8)13)7-11(2,3)12/h4-6,13H,7,12H2,1-3H3. The van der Waals surface area contributed by atoms with Crippen LogP contribution >= 0.6 is 0 Å². The van der Waals surface area contributed by atoms with E-state index in [9.17, 15) is 5.11 Å². The lowest BCUT2D eigenvalue weighted by Gasteiger charge is -2.18. The highest BCUT2D eigenvalue weighted by Gasteiger charge is 2.11. The predicted molar refractivity (Wildman–Crippen MR) is 54.8 cm³/mol. The molecule has 0 heterocycles. The first-order valence-electron chi connectivity index (χ1n) is 4.46. The van der Waals surface area contributed by atoms with Crippen molar-refractivity contribution in [3.8, 4) is 5.75 Å². The zero-order chi connectivity index (χ0) is 10.1. The molecule has 0 aliphatic carbocycles. The average molecular weight is 179 g/mol. The van der Waals surface area contributed by atoms with E-state index in [0.29, 0.717) is 5.75 Å². The Balaban J connectivity index is 2.86. The highest BCUT2D eigenvalue weighted by atomic mass is 16.3. The minimum Gasteiger partial charge on any atom is -0.508 e. The van der Waals surface area contributed by atoms with Crippen molar-refractivity contribution in [2.75, 3.05) is 0 Å². The van der Waals surface area contributed by atoms with Gasteiger partial charge in [-0.1, -0.05) is 12.1 Å². The molecule has 0 saturated heterocycles. The number of hydrogen-bond donors (Lipinski definition) is 2. The van der Waals surface area contributed by atoms with Crippen LogP contribution < -0.4 is 5.73 Å². The van der Waals surface area contributed by atoms with Crippen LogP contribution in [0.5, 0.6) is 5.75 Å². The number of rotatable bonds is 2. The molecule has 72 valence electrons. The van der Waals surface area contributed by atoms with E-state index >= 15 is 0 Å². The maximum absolute atomic E-state index is 9.46. The van der Waals surface area contributed by atoms with Crippen LogP contribution in [0.25, 0.3) is 0 Å². The molecule has 0 unspecified atom stereocenters. The Hall–Kier alpha value is -1.02. The van der Waals surface area contributed by atoms with E-state index in [4.69, 9.17) is 5.73 Å². The van der Waals surface area contributed by atoms with Crippen molar-refractivity contribution < 1.29 is 5.11 Å². The van der Waals surface area contributed by atoms with Gasteiger partial charge in [0.2, 0.25) is 0 Å². The number of aromatic hydroxyl groups is 1. The van der Waals surface area contributed by atoms with Gasteiger partial charge in [-0.05, 0) is 44.4 Å². The van der Waals surface area contributed by atoms with Crippen LogP contribution in [0.4, 0.5) is 0 Å². The molecule has 0 atom stereocenters. The van der Waals surface area contributed by atoms with E-state index in [2.05, 4.69) is 0 Å². The van der Waals surface area contributed by atoms with E-state index in [-0.39, 0.29) is 5.54 Å². The SMILES string of the molecule is Cc1ccc(CC(C)(C)N)cc1O. The Labute approximate surface area is 79.4 Å². The second kappa shape index (κ2) is 3.38. The van der Waals surface area contributed by atoms with Crippen molar-refractivity contribution in [2.45, 2.75) is 32.7 Å². The summed E-state index contributed by atoms with van der Waals surface area (Å²) in [6, 6.07) is 5.70. The molecule has 0 spiro atoms. The van der Waals surface area contributed by atoms with Gasteiger partial charge in [-0.2, -0.15) is 0 Å². The Morgan fingerprint density at radius 2 is 2.00 bits per heavy atom. The van der Waals surface area contributed by atoms with E-state index in [1.165, 1.54) is 0 Å². The summed E-state index contributed by atoms with van der Waals surface area (Å²) < 4.78 is 0. The van der Waals surface area contributed by atoms with Crippen LogP contribution in [0, 0.1) is 6.92 Å². The van der Waals surface area contributed by atoms with Crippen molar-refractivity contribution in [3.05, 3.63) is 29.3 Å². The first-order chi connectivity index (χ1) is 5.88. The summed E-state index contributed by atoms with van der Waals surface area (Å²) in [5.74, 6) is 0.349. The highest BCUT2D eigenvalue weighted by Crippen LogP contribution is 2.19. The molecule has 0 aliphatic rings. The van der Waals surface area contributed by atoms with Crippen LogP contribution in [0.2, 0.25) is 0 Å². The van der Waals surface area contributed by atoms with E-state index < -0.39 is 0 Å². The summed E-state index contributed by atoms with van der Waals surface area (Å²) >= 11 is 0. The molecular weight excluding hydrogens is 162 g/mol. The molecule has 0 aromatic heterocycles. The fraction of sp³-hybridized carbons (Fsp3) is 0.455. The van der Waals surface area contributed by atoms with Gasteiger partial charge in [0.25, 0.3) is 0 Å². The Bertz CT molecular complexity index is 299. The maximum atomic E-state index is 9.46. The van der Waals surface area contributed by atoms with Crippen LogP contribution in [0.3, 0.4) is 0 Å². The number of phenols is 1. The first-order valence-corrected chi connectivity index (χ1v) is 4.46. The molecule has 13 heavy (non-hydrogen) atoms. The zero-order valence-electron chi connectivity index (χ0n) is 8.46. The molecule has 0 amide bonds. The summed E-state index contributed by atoms with van der Waals surface area (Å²) in [6.45, 7) is 5.83. The van der Waals surface area contributed by atoms with Gasteiger partial charge in [0.1, 0.15) is 5.75 Å². The largest absolute Gasteiger partial charge is 0.508 e. The Morgan fingerprint density at radius 1 is 1.38 bits per heavy atom. The molecule has 3 N–H and O–H groups in total. The van der Waals surface area contributed by atoms with E-state index in [0.717, 1.165) is 17.5 Å². The summed E-state index contributed by atoms with van der Waals surface area (Å²) in [6.07, 6.45) is 0.779. The normalized spacial score (nSPS) is 11.7. The van der Waals surface area contributed by atoms with Gasteiger partial charge in [0.05, 0.1) is 0 Å². The van der Waals surface area contributed by atoms with Gasteiger partial charge in [0.15, 0.2) is 0 Å². The molecule has 1 aromatic rings. The van der Waals surface area contributed by atoms with Crippen molar-refractivity contribution >= 4 is 0 Å². The van der Waals surface area contributed by atoms with Gasteiger partial charge < -0.3 is 10.8 Å². The topological polar surface area (TPSA) is 46.2 Å². The van der Waals surface area contributed by atoms with E-state index in [1.54, 1.807) is 6.07 Å². The van der Waals surface area contributed by atoms with Crippen molar-refractivity contribution in [3.63, 3.8) is 0 Å². The molecule has 0 fully saturated rings. The lowest BCUT2D eigenvalue weighted by atomic mass is 9.95. The third kappa shape index (κ3) is 3.07. The van der Waals surface area contributed by atoms with Crippen molar-refractivity contribution in [2.24, 2.45) is 5.73 Å². The van der Waals surface area contributed by atoms with Gasteiger partial charge in [-0.3, -0.25) is 0 Å². The van der Waals surface area contributed by atoms with Crippen LogP contribution in [-0.4, -0.2) is 10.6 Å². The smallest absolute Gasteiger partial charge is 0.118 e. The number of aryl methyl sites for hydroxylation is 1. The second-order valence-electron chi connectivity index (χ2n) is 4.29. The molecular formula is C11H17NO. The van der Waals surface area contributed by atoms with Gasteiger partial charge in [-0.15, -0.1) is 0 Å². The third-order valence-electron chi connectivity index (χ3n) is 1.93. The second-order valence-corrected chi connectivity index (χ2v) is 4.29. The predicted octanol–water partition coefficient (Wildman–Crippen LogP) is 1.98. The summed E-state index contributed by atoms with van der Waals surface area (Å²) in [5, 5.41) is 9.46. The maximum Gasteiger partial charge on any atom is 0.118 e. The minimum atomic E-state index is -0.221. The quantitative estimate of drug-likeness (QED) is 0.729.